The van der Waals surface area contributed by atoms with Crippen molar-refractivity contribution in [2.45, 2.75) is 0 Å². The van der Waals surface area contributed by atoms with Crippen molar-refractivity contribution >= 4 is 28.5 Å². The highest BCUT2D eigenvalue weighted by molar-refractivity contribution is 5.94. The van der Waals surface area contributed by atoms with Crippen molar-refractivity contribution < 1.29 is 20.1 Å². The first-order chi connectivity index (χ1) is 13.5. The van der Waals surface area contributed by atoms with Gasteiger partial charge in [0.2, 0.25) is 0 Å². The number of anilines is 1. The van der Waals surface area contributed by atoms with Crippen LogP contribution in [0.25, 0.3) is 27.9 Å². The summed E-state index contributed by atoms with van der Waals surface area (Å²) in [6.45, 7) is 0.896. The average molecular weight is 379 g/mol. The van der Waals surface area contributed by atoms with Gasteiger partial charge >= 0.3 is 5.97 Å². The number of phenolic OH excluding ortho intramolecular Hbond substituents is 2. The zero-order chi connectivity index (χ0) is 19.8. The van der Waals surface area contributed by atoms with Gasteiger partial charge < -0.3 is 26.4 Å². The lowest BCUT2D eigenvalue weighted by Gasteiger charge is -2.12. The van der Waals surface area contributed by atoms with Crippen LogP contribution in [0.4, 0.5) is 5.82 Å². The molecule has 4 rings (SSSR count). The first-order valence-electron chi connectivity index (χ1n) is 8.50. The zero-order valence-electron chi connectivity index (χ0n) is 14.6. The van der Waals surface area contributed by atoms with Crippen LogP contribution in [0.1, 0.15) is 10.4 Å². The van der Waals surface area contributed by atoms with E-state index in [0.717, 1.165) is 0 Å². The number of aromatic nitrogens is 3. The number of carboxylic acid groups (broad SMARTS) is 1. The summed E-state index contributed by atoms with van der Waals surface area (Å²) in [4.78, 5) is 20.4. The van der Waals surface area contributed by atoms with Crippen LogP contribution in [0.15, 0.2) is 42.6 Å². The van der Waals surface area contributed by atoms with E-state index in [4.69, 9.17) is 5.73 Å². The van der Waals surface area contributed by atoms with Crippen molar-refractivity contribution in [1.29, 1.82) is 0 Å². The van der Waals surface area contributed by atoms with Crippen LogP contribution in [0.3, 0.4) is 0 Å². The molecule has 0 aliphatic rings. The van der Waals surface area contributed by atoms with Gasteiger partial charge in [-0.2, -0.15) is 0 Å². The fourth-order valence-electron chi connectivity index (χ4n) is 3.06. The molecule has 2 heterocycles. The van der Waals surface area contributed by atoms with E-state index in [9.17, 15) is 20.1 Å². The largest absolute Gasteiger partial charge is 0.504 e. The van der Waals surface area contributed by atoms with E-state index < -0.39 is 5.97 Å². The number of fused-ring (bicyclic) bond motifs is 3. The zero-order valence-corrected chi connectivity index (χ0v) is 14.6. The molecule has 9 heteroatoms. The third-order valence-corrected chi connectivity index (χ3v) is 4.38. The molecule has 4 aromatic rings. The molecule has 2 aromatic carbocycles. The van der Waals surface area contributed by atoms with Crippen LogP contribution in [0, 0.1) is 0 Å². The number of benzene rings is 2. The number of aromatic hydroxyl groups is 2. The number of imidazole rings is 1. The number of nitrogens with two attached hydrogens (primary N) is 1. The summed E-state index contributed by atoms with van der Waals surface area (Å²) >= 11 is 0. The second-order valence-corrected chi connectivity index (χ2v) is 6.19. The predicted octanol–water partition coefficient (Wildman–Crippen LogP) is 2.03. The maximum atomic E-state index is 11.4. The molecule has 0 aliphatic carbocycles. The minimum atomic E-state index is -1.05. The molecule has 0 saturated heterocycles. The first-order valence-corrected chi connectivity index (χ1v) is 8.50. The van der Waals surface area contributed by atoms with Gasteiger partial charge in [0.25, 0.3) is 0 Å². The summed E-state index contributed by atoms with van der Waals surface area (Å²) in [5.41, 5.74) is 8.51. The lowest BCUT2D eigenvalue weighted by molar-refractivity contribution is 0.0697. The number of rotatable bonds is 5. The average Bonchev–Trinajstić information content (AvgIpc) is 3.13. The lowest BCUT2D eigenvalue weighted by Crippen LogP contribution is -2.15. The third kappa shape index (κ3) is 2.83. The SMILES string of the molecule is NCCNc1nc2ccc(C(=O)O)cc2n2c(-c3ccc(O)c(O)c3)cnc12. The topological polar surface area (TPSA) is 146 Å². The number of nitrogens with zero attached hydrogens (tertiary/aromatic N) is 3. The lowest BCUT2D eigenvalue weighted by atomic mass is 10.1. The number of nitrogens with one attached hydrogen (secondary N) is 1. The van der Waals surface area contributed by atoms with Crippen molar-refractivity contribution in [2.75, 3.05) is 18.4 Å². The first kappa shape index (κ1) is 17.6. The van der Waals surface area contributed by atoms with E-state index in [0.29, 0.717) is 46.8 Å². The maximum Gasteiger partial charge on any atom is 0.335 e. The van der Waals surface area contributed by atoms with Gasteiger partial charge in [0.15, 0.2) is 23.0 Å². The Bertz CT molecular complexity index is 1220. The summed E-state index contributed by atoms with van der Waals surface area (Å²) in [5, 5.41) is 32.0. The molecule has 9 nitrogen and oxygen atoms in total. The van der Waals surface area contributed by atoms with Gasteiger partial charge in [0.1, 0.15) is 0 Å². The molecule has 0 bridgehead atoms. The summed E-state index contributed by atoms with van der Waals surface area (Å²) < 4.78 is 1.76. The molecule has 0 atom stereocenters. The van der Waals surface area contributed by atoms with Crippen molar-refractivity contribution in [1.82, 2.24) is 14.4 Å². The third-order valence-electron chi connectivity index (χ3n) is 4.38. The number of carboxylic acids is 1. The molecule has 142 valence electrons. The van der Waals surface area contributed by atoms with Crippen LogP contribution >= 0.6 is 0 Å². The Morgan fingerprint density at radius 2 is 1.96 bits per heavy atom. The number of aromatic carboxylic acids is 1. The van der Waals surface area contributed by atoms with Gasteiger partial charge in [0.05, 0.1) is 28.5 Å². The number of carbonyl (C=O) groups is 1. The Morgan fingerprint density at radius 3 is 2.68 bits per heavy atom. The molecule has 0 saturated carbocycles. The molecule has 0 fully saturated rings. The Balaban J connectivity index is 2.06. The van der Waals surface area contributed by atoms with E-state index >= 15 is 0 Å². The highest BCUT2D eigenvalue weighted by atomic mass is 16.4. The Kier molecular flexibility index (Phi) is 4.21. The van der Waals surface area contributed by atoms with Gasteiger partial charge in [0, 0.05) is 18.7 Å². The Hall–Kier alpha value is -3.85. The van der Waals surface area contributed by atoms with Crippen LogP contribution in [-0.4, -0.2) is 48.7 Å². The minimum Gasteiger partial charge on any atom is -0.504 e. The molecule has 0 aliphatic heterocycles. The van der Waals surface area contributed by atoms with Gasteiger partial charge in [-0.25, -0.2) is 14.8 Å². The van der Waals surface area contributed by atoms with Crippen LogP contribution < -0.4 is 11.1 Å². The summed E-state index contributed by atoms with van der Waals surface area (Å²) in [7, 11) is 0. The van der Waals surface area contributed by atoms with Crippen LogP contribution in [0.2, 0.25) is 0 Å². The molecule has 6 N–H and O–H groups in total. The van der Waals surface area contributed by atoms with Gasteiger partial charge in [-0.3, -0.25) is 4.40 Å². The number of hydrogen-bond acceptors (Lipinski definition) is 7. The monoisotopic (exact) mass is 379 g/mol. The highest BCUT2D eigenvalue weighted by Crippen LogP contribution is 2.33. The summed E-state index contributed by atoms with van der Waals surface area (Å²) in [5.74, 6) is -1.04. The van der Waals surface area contributed by atoms with E-state index in [1.54, 1.807) is 22.7 Å². The van der Waals surface area contributed by atoms with Crippen LogP contribution in [-0.2, 0) is 0 Å². The number of hydrogen-bond donors (Lipinski definition) is 5. The Labute approximate surface area is 158 Å². The fourth-order valence-corrected chi connectivity index (χ4v) is 3.06. The number of phenols is 2. The van der Waals surface area contributed by atoms with E-state index in [1.165, 1.54) is 24.3 Å². The van der Waals surface area contributed by atoms with Crippen molar-refractivity contribution in [3.05, 3.63) is 48.2 Å². The van der Waals surface area contributed by atoms with Crippen molar-refractivity contribution in [3.63, 3.8) is 0 Å². The molecular weight excluding hydrogens is 362 g/mol. The second kappa shape index (κ2) is 6.71. The minimum absolute atomic E-state index is 0.117. The van der Waals surface area contributed by atoms with Gasteiger partial charge in [-0.15, -0.1) is 0 Å². The second-order valence-electron chi connectivity index (χ2n) is 6.19. The molecule has 2 aromatic heterocycles. The van der Waals surface area contributed by atoms with E-state index in [-0.39, 0.29) is 17.1 Å². The normalized spacial score (nSPS) is 11.2. The molecule has 0 spiro atoms. The fraction of sp³-hybridized carbons (Fsp3) is 0.105. The molecule has 0 unspecified atom stereocenters. The van der Waals surface area contributed by atoms with Gasteiger partial charge in [-0.1, -0.05) is 0 Å². The van der Waals surface area contributed by atoms with E-state index in [1.807, 2.05) is 0 Å². The van der Waals surface area contributed by atoms with Crippen LogP contribution in [0.5, 0.6) is 11.5 Å². The van der Waals surface area contributed by atoms with E-state index in [2.05, 4.69) is 15.3 Å². The van der Waals surface area contributed by atoms with Gasteiger partial charge in [-0.05, 0) is 36.4 Å². The highest BCUT2D eigenvalue weighted by Gasteiger charge is 2.17. The standard InChI is InChI=1S/C19H17N5O4/c20-5-6-21-17-18-22-9-14(10-2-4-15(25)16(26)8-10)24(18)13-7-11(19(27)28)1-3-12(13)23-17/h1-4,7-9,25-26H,5-6,20H2,(H,21,23)(H,27,28). The molecule has 28 heavy (non-hydrogen) atoms. The summed E-state index contributed by atoms with van der Waals surface area (Å²) in [6.07, 6.45) is 1.60. The Morgan fingerprint density at radius 1 is 1.14 bits per heavy atom. The quantitative estimate of drug-likeness (QED) is 0.331. The van der Waals surface area contributed by atoms with Crippen molar-refractivity contribution in [3.8, 4) is 22.8 Å². The predicted molar refractivity (Wildman–Crippen MR) is 104 cm³/mol. The molecule has 0 amide bonds. The van der Waals surface area contributed by atoms with Crippen molar-refractivity contribution in [2.24, 2.45) is 5.73 Å². The molecular formula is C19H17N5O4. The smallest absolute Gasteiger partial charge is 0.335 e. The maximum absolute atomic E-state index is 11.4. The summed E-state index contributed by atoms with van der Waals surface area (Å²) in [6, 6.07) is 9.07. The molecule has 0 radical (unpaired) electrons.